The molecule has 3 heteroatoms. The minimum atomic E-state index is -0.311. The molecule has 18 heavy (non-hydrogen) atoms. The molecule has 3 atom stereocenters. The van der Waals surface area contributed by atoms with Crippen LogP contribution in [0.3, 0.4) is 0 Å². The van der Waals surface area contributed by atoms with Crippen molar-refractivity contribution in [2.24, 2.45) is 5.92 Å². The van der Waals surface area contributed by atoms with Gasteiger partial charge in [0.1, 0.15) is 5.75 Å². The standard InChI is InChI=1S/C15H20O3/c1-10(2)14-11(3)9-17-15(18-14)12-5-7-13(16-4)8-6-12/h5-8,11,14-15H,1,9H2,2-4H3/t11-,14-,15?/m0/s1. The first-order valence-corrected chi connectivity index (χ1v) is 6.18. The maximum absolute atomic E-state index is 5.96. The maximum atomic E-state index is 5.96. The van der Waals surface area contributed by atoms with Crippen molar-refractivity contribution in [2.75, 3.05) is 13.7 Å². The second kappa shape index (κ2) is 5.55. The van der Waals surface area contributed by atoms with Crippen molar-refractivity contribution in [1.82, 2.24) is 0 Å². The third-order valence-corrected chi connectivity index (χ3v) is 3.17. The Kier molecular flexibility index (Phi) is 4.04. The lowest BCUT2D eigenvalue weighted by Gasteiger charge is -2.35. The number of benzene rings is 1. The van der Waals surface area contributed by atoms with Crippen LogP contribution < -0.4 is 4.74 Å². The first kappa shape index (κ1) is 13.1. The van der Waals surface area contributed by atoms with E-state index >= 15 is 0 Å². The normalized spacial score (nSPS) is 27.8. The molecule has 0 saturated carbocycles. The molecule has 0 aliphatic carbocycles. The van der Waals surface area contributed by atoms with Gasteiger partial charge in [-0.25, -0.2) is 0 Å². The van der Waals surface area contributed by atoms with Gasteiger partial charge in [-0.1, -0.05) is 31.2 Å². The molecule has 3 nitrogen and oxygen atoms in total. The molecule has 0 amide bonds. The summed E-state index contributed by atoms with van der Waals surface area (Å²) in [5.41, 5.74) is 2.05. The molecular weight excluding hydrogens is 228 g/mol. The molecular formula is C15H20O3. The monoisotopic (exact) mass is 248 g/mol. The van der Waals surface area contributed by atoms with Crippen LogP contribution >= 0.6 is 0 Å². The van der Waals surface area contributed by atoms with Gasteiger partial charge in [0.15, 0.2) is 6.29 Å². The highest BCUT2D eigenvalue weighted by Gasteiger charge is 2.30. The van der Waals surface area contributed by atoms with Crippen molar-refractivity contribution in [1.29, 1.82) is 0 Å². The molecule has 1 aliphatic rings. The van der Waals surface area contributed by atoms with Gasteiger partial charge in [-0.05, 0) is 19.1 Å². The lowest BCUT2D eigenvalue weighted by atomic mass is 9.98. The maximum Gasteiger partial charge on any atom is 0.184 e. The van der Waals surface area contributed by atoms with Crippen LogP contribution in [-0.2, 0) is 9.47 Å². The molecule has 0 spiro atoms. The molecule has 98 valence electrons. The predicted molar refractivity (Wildman–Crippen MR) is 70.5 cm³/mol. The Labute approximate surface area is 108 Å². The molecule has 1 saturated heterocycles. The van der Waals surface area contributed by atoms with Gasteiger partial charge in [0, 0.05) is 11.5 Å². The highest BCUT2D eigenvalue weighted by atomic mass is 16.7. The molecule has 2 rings (SSSR count). The minimum absolute atomic E-state index is 0.0610. The van der Waals surface area contributed by atoms with E-state index in [0.29, 0.717) is 12.5 Å². The van der Waals surface area contributed by atoms with Crippen LogP contribution in [0.25, 0.3) is 0 Å². The first-order chi connectivity index (χ1) is 8.61. The first-order valence-electron chi connectivity index (χ1n) is 6.18. The fraction of sp³-hybridized carbons (Fsp3) is 0.467. The zero-order chi connectivity index (χ0) is 13.1. The summed E-state index contributed by atoms with van der Waals surface area (Å²) in [7, 11) is 1.65. The van der Waals surface area contributed by atoms with Crippen LogP contribution in [0.15, 0.2) is 36.4 Å². The van der Waals surface area contributed by atoms with Crippen LogP contribution in [0, 0.1) is 5.92 Å². The number of methoxy groups -OCH3 is 1. The Balaban J connectivity index is 2.11. The van der Waals surface area contributed by atoms with E-state index in [1.807, 2.05) is 31.2 Å². The van der Waals surface area contributed by atoms with Gasteiger partial charge in [0.2, 0.25) is 0 Å². The quantitative estimate of drug-likeness (QED) is 0.768. The van der Waals surface area contributed by atoms with Crippen LogP contribution in [0.5, 0.6) is 5.75 Å². The summed E-state index contributed by atoms with van der Waals surface area (Å²) in [5, 5.41) is 0. The number of hydrogen-bond acceptors (Lipinski definition) is 3. The fourth-order valence-electron chi connectivity index (χ4n) is 2.17. The van der Waals surface area contributed by atoms with Crippen molar-refractivity contribution in [2.45, 2.75) is 26.2 Å². The van der Waals surface area contributed by atoms with Gasteiger partial charge in [-0.2, -0.15) is 0 Å². The van der Waals surface area contributed by atoms with Crippen LogP contribution in [0.4, 0.5) is 0 Å². The summed E-state index contributed by atoms with van der Waals surface area (Å²) in [6.45, 7) is 8.79. The topological polar surface area (TPSA) is 27.7 Å². The summed E-state index contributed by atoms with van der Waals surface area (Å²) in [6, 6.07) is 7.76. The van der Waals surface area contributed by atoms with Crippen LogP contribution in [0.1, 0.15) is 25.7 Å². The summed E-state index contributed by atoms with van der Waals surface area (Å²) in [6.07, 6.45) is -0.250. The highest BCUT2D eigenvalue weighted by molar-refractivity contribution is 5.28. The molecule has 0 bridgehead atoms. The van der Waals surface area contributed by atoms with Crippen molar-refractivity contribution >= 4 is 0 Å². The van der Waals surface area contributed by atoms with E-state index in [0.717, 1.165) is 16.9 Å². The summed E-state index contributed by atoms with van der Waals surface area (Å²) >= 11 is 0. The molecule has 0 aromatic heterocycles. The Morgan fingerprint density at radius 2 is 2.00 bits per heavy atom. The van der Waals surface area contributed by atoms with E-state index in [2.05, 4.69) is 13.5 Å². The smallest absolute Gasteiger partial charge is 0.184 e. The lowest BCUT2D eigenvalue weighted by Crippen LogP contribution is -2.35. The molecule has 0 N–H and O–H groups in total. The SMILES string of the molecule is C=C(C)[C@@H]1OC(c2ccc(OC)cc2)OC[C@@H]1C. The highest BCUT2D eigenvalue weighted by Crippen LogP contribution is 2.32. The van der Waals surface area contributed by atoms with E-state index in [-0.39, 0.29) is 12.4 Å². The van der Waals surface area contributed by atoms with E-state index in [1.165, 1.54) is 0 Å². The van der Waals surface area contributed by atoms with Crippen LogP contribution in [-0.4, -0.2) is 19.8 Å². The van der Waals surface area contributed by atoms with Gasteiger partial charge in [-0.15, -0.1) is 0 Å². The van der Waals surface area contributed by atoms with Gasteiger partial charge >= 0.3 is 0 Å². The van der Waals surface area contributed by atoms with Crippen LogP contribution in [0.2, 0.25) is 0 Å². The van der Waals surface area contributed by atoms with E-state index in [1.54, 1.807) is 7.11 Å². The van der Waals surface area contributed by atoms with Gasteiger partial charge in [0.25, 0.3) is 0 Å². The molecule has 1 aliphatic heterocycles. The average Bonchev–Trinajstić information content (AvgIpc) is 2.39. The number of rotatable bonds is 3. The van der Waals surface area contributed by atoms with Gasteiger partial charge in [0.05, 0.1) is 19.8 Å². The van der Waals surface area contributed by atoms with Crippen molar-refractivity contribution < 1.29 is 14.2 Å². The number of hydrogen-bond donors (Lipinski definition) is 0. The van der Waals surface area contributed by atoms with E-state index < -0.39 is 0 Å². The summed E-state index contributed by atoms with van der Waals surface area (Å²) < 4.78 is 16.8. The predicted octanol–water partition coefficient (Wildman–Crippen LogP) is 3.32. The molecule has 1 fully saturated rings. The Morgan fingerprint density at radius 3 is 2.56 bits per heavy atom. The fourth-order valence-corrected chi connectivity index (χ4v) is 2.17. The zero-order valence-corrected chi connectivity index (χ0v) is 11.2. The Hall–Kier alpha value is -1.32. The second-order valence-corrected chi connectivity index (χ2v) is 4.82. The third kappa shape index (κ3) is 2.74. The van der Waals surface area contributed by atoms with E-state index in [4.69, 9.17) is 14.2 Å². The largest absolute Gasteiger partial charge is 0.497 e. The molecule has 1 aromatic carbocycles. The average molecular weight is 248 g/mol. The van der Waals surface area contributed by atoms with Gasteiger partial charge in [-0.3, -0.25) is 0 Å². The summed E-state index contributed by atoms with van der Waals surface area (Å²) in [4.78, 5) is 0. The third-order valence-electron chi connectivity index (χ3n) is 3.17. The molecule has 1 unspecified atom stereocenters. The minimum Gasteiger partial charge on any atom is -0.497 e. The Bertz CT molecular complexity index is 410. The zero-order valence-electron chi connectivity index (χ0n) is 11.2. The molecule has 0 radical (unpaired) electrons. The second-order valence-electron chi connectivity index (χ2n) is 4.82. The van der Waals surface area contributed by atoms with Crippen molar-refractivity contribution in [3.05, 3.63) is 42.0 Å². The van der Waals surface area contributed by atoms with Crippen molar-refractivity contribution in [3.8, 4) is 5.75 Å². The lowest BCUT2D eigenvalue weighted by molar-refractivity contribution is -0.228. The van der Waals surface area contributed by atoms with Crippen molar-refractivity contribution in [3.63, 3.8) is 0 Å². The molecule has 1 aromatic rings. The Morgan fingerprint density at radius 1 is 1.33 bits per heavy atom. The summed E-state index contributed by atoms with van der Waals surface area (Å²) in [5.74, 6) is 1.18. The van der Waals surface area contributed by atoms with E-state index in [9.17, 15) is 0 Å². The van der Waals surface area contributed by atoms with Gasteiger partial charge < -0.3 is 14.2 Å². The molecule has 1 heterocycles. The number of ether oxygens (including phenoxy) is 3.